The fourth-order valence-corrected chi connectivity index (χ4v) is 3.99. The van der Waals surface area contributed by atoms with E-state index in [9.17, 15) is 0 Å². The smallest absolute Gasteiger partial charge is 0.0233 e. The fraction of sp³-hybridized carbons (Fsp3) is 0.684. The molecule has 1 aromatic rings. The molecule has 2 heteroatoms. The van der Waals surface area contributed by atoms with Crippen LogP contribution < -0.4 is 5.32 Å². The lowest BCUT2D eigenvalue weighted by atomic mass is 9.72. The van der Waals surface area contributed by atoms with Crippen LogP contribution in [-0.2, 0) is 6.54 Å². The van der Waals surface area contributed by atoms with E-state index < -0.39 is 0 Å². The maximum atomic E-state index is 3.58. The minimum atomic E-state index is 0.675. The summed E-state index contributed by atoms with van der Waals surface area (Å²) in [5.41, 5.74) is 1.43. The normalized spacial score (nSPS) is 29.8. The van der Waals surface area contributed by atoms with Gasteiger partial charge in [-0.15, -0.1) is 0 Å². The van der Waals surface area contributed by atoms with Gasteiger partial charge in [-0.3, -0.25) is 4.90 Å². The molecule has 0 aromatic heterocycles. The van der Waals surface area contributed by atoms with Gasteiger partial charge in [0.05, 0.1) is 0 Å². The van der Waals surface area contributed by atoms with Gasteiger partial charge in [0.25, 0.3) is 0 Å². The van der Waals surface area contributed by atoms with Gasteiger partial charge < -0.3 is 5.32 Å². The van der Waals surface area contributed by atoms with Crippen LogP contribution in [0.25, 0.3) is 0 Å². The van der Waals surface area contributed by atoms with Gasteiger partial charge in [0.1, 0.15) is 0 Å². The van der Waals surface area contributed by atoms with Crippen molar-refractivity contribution in [3.63, 3.8) is 0 Å². The lowest BCUT2D eigenvalue weighted by molar-refractivity contribution is 0.104. The molecule has 0 aliphatic heterocycles. The third-order valence-corrected chi connectivity index (χ3v) is 5.21. The van der Waals surface area contributed by atoms with Crippen LogP contribution in [0.1, 0.15) is 39.2 Å². The van der Waals surface area contributed by atoms with E-state index in [1.165, 1.54) is 24.9 Å². The van der Waals surface area contributed by atoms with E-state index in [1.807, 2.05) is 0 Å². The van der Waals surface area contributed by atoms with E-state index in [0.29, 0.717) is 6.04 Å². The van der Waals surface area contributed by atoms with Crippen molar-refractivity contribution in [3.8, 4) is 0 Å². The highest BCUT2D eigenvalue weighted by Gasteiger charge is 2.33. The fourth-order valence-electron chi connectivity index (χ4n) is 3.99. The van der Waals surface area contributed by atoms with E-state index in [4.69, 9.17) is 0 Å². The van der Waals surface area contributed by atoms with Crippen molar-refractivity contribution in [3.05, 3.63) is 35.9 Å². The maximum absolute atomic E-state index is 3.58. The van der Waals surface area contributed by atoms with Gasteiger partial charge in [0, 0.05) is 19.1 Å². The lowest BCUT2D eigenvalue weighted by Crippen LogP contribution is -2.47. The minimum Gasteiger partial charge on any atom is -0.317 e. The molecule has 0 heterocycles. The van der Waals surface area contributed by atoms with Crippen molar-refractivity contribution in [2.45, 2.75) is 46.2 Å². The zero-order valence-corrected chi connectivity index (χ0v) is 14.2. The Morgan fingerprint density at radius 2 is 1.86 bits per heavy atom. The summed E-state index contributed by atoms with van der Waals surface area (Å²) < 4.78 is 0. The highest BCUT2D eigenvalue weighted by atomic mass is 15.1. The zero-order chi connectivity index (χ0) is 15.2. The molecule has 0 saturated heterocycles. The molecular weight excluding hydrogens is 256 g/mol. The molecule has 0 amide bonds. The lowest BCUT2D eigenvalue weighted by Gasteiger charge is -2.42. The predicted molar refractivity (Wildman–Crippen MR) is 91.3 cm³/mol. The molecule has 1 aromatic carbocycles. The van der Waals surface area contributed by atoms with Crippen LogP contribution in [0.5, 0.6) is 0 Å². The van der Waals surface area contributed by atoms with Gasteiger partial charge in [-0.25, -0.2) is 0 Å². The van der Waals surface area contributed by atoms with Crippen LogP contribution in [0.2, 0.25) is 0 Å². The van der Waals surface area contributed by atoms with Gasteiger partial charge in [-0.1, -0.05) is 51.1 Å². The third-order valence-electron chi connectivity index (χ3n) is 5.21. The van der Waals surface area contributed by atoms with E-state index in [-0.39, 0.29) is 0 Å². The van der Waals surface area contributed by atoms with Crippen LogP contribution in [0.4, 0.5) is 0 Å². The molecule has 0 spiro atoms. The van der Waals surface area contributed by atoms with Crippen molar-refractivity contribution in [1.29, 1.82) is 0 Å². The first-order valence-electron chi connectivity index (χ1n) is 8.57. The SMILES string of the molecule is CCN(Cc1ccccc1)CC1C(C)CC(C)CC1NC. The number of nitrogens with one attached hydrogen (secondary N) is 1. The van der Waals surface area contributed by atoms with Gasteiger partial charge in [-0.05, 0) is 49.8 Å². The van der Waals surface area contributed by atoms with E-state index >= 15 is 0 Å². The summed E-state index contributed by atoms with van der Waals surface area (Å²) in [4.78, 5) is 2.61. The van der Waals surface area contributed by atoms with Crippen molar-refractivity contribution in [2.75, 3.05) is 20.1 Å². The first-order valence-corrected chi connectivity index (χ1v) is 8.57. The Labute approximate surface area is 130 Å². The maximum Gasteiger partial charge on any atom is 0.0233 e. The second kappa shape index (κ2) is 7.95. The summed E-state index contributed by atoms with van der Waals surface area (Å²) in [6.45, 7) is 10.6. The highest BCUT2D eigenvalue weighted by Crippen LogP contribution is 2.34. The number of hydrogen-bond donors (Lipinski definition) is 1. The summed E-state index contributed by atoms with van der Waals surface area (Å²) >= 11 is 0. The molecule has 4 unspecified atom stereocenters. The monoisotopic (exact) mass is 288 g/mol. The second-order valence-corrected chi connectivity index (χ2v) is 6.93. The standard InChI is InChI=1S/C19H32N2/c1-5-21(13-17-9-7-6-8-10-17)14-18-16(3)11-15(2)12-19(18)20-4/h6-10,15-16,18-20H,5,11-14H2,1-4H3. The average Bonchev–Trinajstić information content (AvgIpc) is 2.49. The van der Waals surface area contributed by atoms with Crippen molar-refractivity contribution in [2.24, 2.45) is 17.8 Å². The molecule has 1 N–H and O–H groups in total. The van der Waals surface area contributed by atoms with Crippen LogP contribution in [0, 0.1) is 17.8 Å². The second-order valence-electron chi connectivity index (χ2n) is 6.93. The molecule has 2 nitrogen and oxygen atoms in total. The molecule has 1 saturated carbocycles. The first kappa shape index (κ1) is 16.5. The third kappa shape index (κ3) is 4.55. The summed E-state index contributed by atoms with van der Waals surface area (Å²) in [6, 6.07) is 11.5. The molecule has 0 bridgehead atoms. The Morgan fingerprint density at radius 3 is 2.48 bits per heavy atom. The molecule has 118 valence electrons. The molecule has 2 rings (SSSR count). The first-order chi connectivity index (χ1) is 10.1. The Balaban J connectivity index is 1.99. The van der Waals surface area contributed by atoms with Crippen LogP contribution >= 0.6 is 0 Å². The molecule has 0 radical (unpaired) electrons. The average molecular weight is 288 g/mol. The van der Waals surface area contributed by atoms with E-state index in [1.54, 1.807) is 0 Å². The minimum absolute atomic E-state index is 0.675. The Kier molecular flexibility index (Phi) is 6.25. The molecule has 4 atom stereocenters. The highest BCUT2D eigenvalue weighted by molar-refractivity contribution is 5.14. The largest absolute Gasteiger partial charge is 0.317 e. The quantitative estimate of drug-likeness (QED) is 0.857. The van der Waals surface area contributed by atoms with Crippen LogP contribution in [0.15, 0.2) is 30.3 Å². The Morgan fingerprint density at radius 1 is 1.14 bits per heavy atom. The van der Waals surface area contributed by atoms with Crippen LogP contribution in [-0.4, -0.2) is 31.1 Å². The molecule has 1 aliphatic carbocycles. The summed E-state index contributed by atoms with van der Waals surface area (Å²) in [5, 5.41) is 3.58. The molecule has 1 fully saturated rings. The van der Waals surface area contributed by atoms with Crippen molar-refractivity contribution in [1.82, 2.24) is 10.2 Å². The zero-order valence-electron chi connectivity index (χ0n) is 14.2. The molecule has 21 heavy (non-hydrogen) atoms. The van der Waals surface area contributed by atoms with E-state index in [0.717, 1.165) is 30.8 Å². The topological polar surface area (TPSA) is 15.3 Å². The Hall–Kier alpha value is -0.860. The summed E-state index contributed by atoms with van der Waals surface area (Å²) in [7, 11) is 2.13. The van der Waals surface area contributed by atoms with Crippen molar-refractivity contribution < 1.29 is 0 Å². The van der Waals surface area contributed by atoms with Crippen LogP contribution in [0.3, 0.4) is 0 Å². The number of nitrogens with zero attached hydrogens (tertiary/aromatic N) is 1. The predicted octanol–water partition coefficient (Wildman–Crippen LogP) is 3.78. The van der Waals surface area contributed by atoms with Crippen molar-refractivity contribution >= 4 is 0 Å². The van der Waals surface area contributed by atoms with E-state index in [2.05, 4.69) is 68.4 Å². The Bertz CT molecular complexity index is 403. The van der Waals surface area contributed by atoms with Gasteiger partial charge in [0.15, 0.2) is 0 Å². The van der Waals surface area contributed by atoms with Gasteiger partial charge >= 0.3 is 0 Å². The number of rotatable bonds is 6. The van der Waals surface area contributed by atoms with Gasteiger partial charge in [0.2, 0.25) is 0 Å². The van der Waals surface area contributed by atoms with Gasteiger partial charge in [-0.2, -0.15) is 0 Å². The molecule has 1 aliphatic rings. The number of hydrogen-bond acceptors (Lipinski definition) is 2. The summed E-state index contributed by atoms with van der Waals surface area (Å²) in [5.74, 6) is 2.45. The number of benzene rings is 1. The molecular formula is C19H32N2. The summed E-state index contributed by atoms with van der Waals surface area (Å²) in [6.07, 6.45) is 2.71.